The lowest BCUT2D eigenvalue weighted by molar-refractivity contribution is 0.640. The van der Waals surface area contributed by atoms with Gasteiger partial charge in [0.25, 0.3) is 0 Å². The van der Waals surface area contributed by atoms with Crippen LogP contribution in [-0.4, -0.2) is 7.05 Å². The van der Waals surface area contributed by atoms with Crippen molar-refractivity contribution in [2.24, 2.45) is 0 Å². The van der Waals surface area contributed by atoms with E-state index in [4.69, 9.17) is 0 Å². The second kappa shape index (κ2) is 8.23. The molecule has 0 aliphatic carbocycles. The molecule has 3 aromatic carbocycles. The quantitative estimate of drug-likeness (QED) is 0.693. The van der Waals surface area contributed by atoms with Gasteiger partial charge in [0.1, 0.15) is 0 Å². The van der Waals surface area contributed by atoms with Gasteiger partial charge in [-0.2, -0.15) is 0 Å². The summed E-state index contributed by atoms with van der Waals surface area (Å²) in [5.41, 5.74) is 3.99. The minimum Gasteiger partial charge on any atom is -0.387 e. The third kappa shape index (κ3) is 3.39. The zero-order valence-electron chi connectivity index (χ0n) is 16.3. The van der Waals surface area contributed by atoms with Crippen LogP contribution in [0.3, 0.4) is 0 Å². The van der Waals surface area contributed by atoms with Crippen LogP contribution in [0.2, 0.25) is 0 Å². The molecule has 1 nitrogen and oxygen atoms in total. The molecule has 0 amide bonds. The van der Waals surface area contributed by atoms with Gasteiger partial charge in [0.05, 0.1) is 0 Å². The summed E-state index contributed by atoms with van der Waals surface area (Å²) in [5.74, 6) is 0.565. The van der Waals surface area contributed by atoms with Gasteiger partial charge in [-0.25, -0.2) is 0 Å². The normalized spacial score (nSPS) is 13.3. The molecule has 0 saturated carbocycles. The molecule has 3 rings (SSSR count). The van der Waals surface area contributed by atoms with E-state index in [0.717, 1.165) is 12.8 Å². The topological polar surface area (TPSA) is 12.0 Å². The van der Waals surface area contributed by atoms with E-state index in [0.29, 0.717) is 5.92 Å². The maximum Gasteiger partial charge on any atom is 0.0493 e. The van der Waals surface area contributed by atoms with E-state index in [2.05, 4.69) is 92.8 Å². The Labute approximate surface area is 157 Å². The SMILES string of the molecule is C/C=c1/cccc/c1=C(/NC)c1cc2ccccc2cc1C(CC)CC. The van der Waals surface area contributed by atoms with Crippen LogP contribution >= 0.6 is 0 Å². The van der Waals surface area contributed by atoms with Gasteiger partial charge in [-0.05, 0) is 53.3 Å². The third-order valence-corrected chi connectivity index (χ3v) is 5.40. The number of hydrogen-bond donors (Lipinski definition) is 1. The first kappa shape index (κ1) is 18.3. The van der Waals surface area contributed by atoms with E-state index >= 15 is 0 Å². The number of benzene rings is 3. The summed E-state index contributed by atoms with van der Waals surface area (Å²) in [6.07, 6.45) is 4.49. The summed E-state index contributed by atoms with van der Waals surface area (Å²) in [4.78, 5) is 0. The van der Waals surface area contributed by atoms with Crippen molar-refractivity contribution in [3.8, 4) is 0 Å². The fourth-order valence-corrected chi connectivity index (χ4v) is 3.93. The van der Waals surface area contributed by atoms with Crippen molar-refractivity contribution in [2.75, 3.05) is 7.05 Å². The molecule has 0 aliphatic rings. The van der Waals surface area contributed by atoms with Gasteiger partial charge in [0.2, 0.25) is 0 Å². The average Bonchev–Trinajstić information content (AvgIpc) is 2.70. The number of rotatable bonds is 5. The van der Waals surface area contributed by atoms with Gasteiger partial charge in [-0.3, -0.25) is 0 Å². The van der Waals surface area contributed by atoms with Gasteiger partial charge in [-0.1, -0.05) is 74.5 Å². The first-order valence-electron chi connectivity index (χ1n) is 9.69. The molecular weight excluding hydrogens is 314 g/mol. The van der Waals surface area contributed by atoms with Crippen molar-refractivity contribution >= 4 is 22.5 Å². The number of hydrogen-bond acceptors (Lipinski definition) is 1. The Balaban J connectivity index is 2.43. The van der Waals surface area contributed by atoms with E-state index in [9.17, 15) is 0 Å². The first-order chi connectivity index (χ1) is 12.7. The Hall–Kier alpha value is -2.54. The molecule has 0 fully saturated rings. The van der Waals surface area contributed by atoms with E-state index in [1.165, 1.54) is 38.0 Å². The zero-order chi connectivity index (χ0) is 18.5. The largest absolute Gasteiger partial charge is 0.387 e. The van der Waals surface area contributed by atoms with Crippen molar-refractivity contribution in [2.45, 2.75) is 39.5 Å². The summed E-state index contributed by atoms with van der Waals surface area (Å²) < 4.78 is 0. The van der Waals surface area contributed by atoms with Crippen LogP contribution in [0.5, 0.6) is 0 Å². The summed E-state index contributed by atoms with van der Waals surface area (Å²) >= 11 is 0. The smallest absolute Gasteiger partial charge is 0.0493 e. The first-order valence-corrected chi connectivity index (χ1v) is 9.69. The monoisotopic (exact) mass is 343 g/mol. The zero-order valence-corrected chi connectivity index (χ0v) is 16.3. The molecule has 0 spiro atoms. The van der Waals surface area contributed by atoms with Gasteiger partial charge in [0, 0.05) is 23.5 Å². The van der Waals surface area contributed by atoms with Crippen LogP contribution in [-0.2, 0) is 0 Å². The van der Waals surface area contributed by atoms with Gasteiger partial charge >= 0.3 is 0 Å². The van der Waals surface area contributed by atoms with Crippen molar-refractivity contribution < 1.29 is 0 Å². The molecule has 1 heteroatoms. The van der Waals surface area contributed by atoms with Crippen molar-refractivity contribution in [3.05, 3.63) is 82.2 Å². The van der Waals surface area contributed by atoms with Crippen LogP contribution in [0.25, 0.3) is 22.5 Å². The lowest BCUT2D eigenvalue weighted by Gasteiger charge is -2.21. The Morgan fingerprint density at radius 1 is 0.923 bits per heavy atom. The predicted molar refractivity (Wildman–Crippen MR) is 115 cm³/mol. The highest BCUT2D eigenvalue weighted by molar-refractivity contribution is 5.88. The molecule has 0 radical (unpaired) electrons. The fraction of sp³-hybridized carbons (Fsp3) is 0.280. The molecule has 0 bridgehead atoms. The summed E-state index contributed by atoms with van der Waals surface area (Å²) in [7, 11) is 2.04. The van der Waals surface area contributed by atoms with E-state index in [-0.39, 0.29) is 0 Å². The van der Waals surface area contributed by atoms with Gasteiger partial charge in [0.15, 0.2) is 0 Å². The van der Waals surface area contributed by atoms with Crippen molar-refractivity contribution in [1.29, 1.82) is 0 Å². The molecule has 1 N–H and O–H groups in total. The average molecular weight is 344 g/mol. The lowest BCUT2D eigenvalue weighted by Crippen LogP contribution is -2.31. The highest BCUT2D eigenvalue weighted by Crippen LogP contribution is 2.32. The molecule has 3 aromatic rings. The summed E-state index contributed by atoms with van der Waals surface area (Å²) in [5, 5.41) is 8.66. The Kier molecular flexibility index (Phi) is 5.78. The second-order valence-electron chi connectivity index (χ2n) is 6.80. The van der Waals surface area contributed by atoms with E-state index in [1.54, 1.807) is 0 Å². The molecule has 0 saturated heterocycles. The van der Waals surface area contributed by atoms with Gasteiger partial charge in [-0.15, -0.1) is 0 Å². The molecule has 134 valence electrons. The minimum atomic E-state index is 0.565. The standard InChI is InChI=1S/C25H29N/c1-5-18(6-2)23-16-20-13-8-9-14-21(20)17-24(23)25(26-4)22-15-11-10-12-19(22)7-3/h7-18,26H,5-6H2,1-4H3/b19-7-,25-22-. The Morgan fingerprint density at radius 2 is 1.54 bits per heavy atom. The number of fused-ring (bicyclic) bond motifs is 1. The van der Waals surface area contributed by atoms with Gasteiger partial charge < -0.3 is 5.32 Å². The molecule has 0 aliphatic heterocycles. The molecular formula is C25H29N. The Morgan fingerprint density at radius 3 is 2.15 bits per heavy atom. The third-order valence-electron chi connectivity index (χ3n) is 5.40. The molecule has 0 aromatic heterocycles. The van der Waals surface area contributed by atoms with E-state index < -0.39 is 0 Å². The van der Waals surface area contributed by atoms with Crippen LogP contribution < -0.4 is 15.8 Å². The Bertz CT molecular complexity index is 1010. The summed E-state index contributed by atoms with van der Waals surface area (Å²) in [6, 6.07) is 22.1. The van der Waals surface area contributed by atoms with Crippen molar-refractivity contribution in [1.82, 2.24) is 5.32 Å². The highest BCUT2D eigenvalue weighted by Gasteiger charge is 2.16. The fourth-order valence-electron chi connectivity index (χ4n) is 3.93. The lowest BCUT2D eigenvalue weighted by atomic mass is 9.86. The number of nitrogens with one attached hydrogen (secondary N) is 1. The highest BCUT2D eigenvalue weighted by atomic mass is 14.8. The second-order valence-corrected chi connectivity index (χ2v) is 6.80. The maximum absolute atomic E-state index is 3.51. The predicted octanol–water partition coefficient (Wildman–Crippen LogP) is 4.92. The van der Waals surface area contributed by atoms with Crippen molar-refractivity contribution in [3.63, 3.8) is 0 Å². The molecule has 0 heterocycles. The van der Waals surface area contributed by atoms with Crippen LogP contribution in [0, 0.1) is 0 Å². The minimum absolute atomic E-state index is 0.565. The maximum atomic E-state index is 3.51. The molecule has 0 atom stereocenters. The van der Waals surface area contributed by atoms with Crippen LogP contribution in [0.4, 0.5) is 0 Å². The molecule has 0 unspecified atom stereocenters. The van der Waals surface area contributed by atoms with Crippen LogP contribution in [0.1, 0.15) is 50.7 Å². The summed E-state index contributed by atoms with van der Waals surface area (Å²) in [6.45, 7) is 6.69. The van der Waals surface area contributed by atoms with E-state index in [1.807, 2.05) is 7.05 Å². The molecule has 26 heavy (non-hydrogen) atoms. The van der Waals surface area contributed by atoms with Crippen LogP contribution in [0.15, 0.2) is 60.7 Å².